The number of fused-ring (bicyclic) bond motifs is 1. The molecule has 31 heavy (non-hydrogen) atoms. The van der Waals surface area contributed by atoms with E-state index in [0.717, 1.165) is 17.7 Å². The molecule has 3 rings (SSSR count). The van der Waals surface area contributed by atoms with Crippen LogP contribution < -0.4 is 15.5 Å². The molecule has 11 heteroatoms. The lowest BCUT2D eigenvalue weighted by atomic mass is 10.2. The molecule has 1 aromatic carbocycles. The van der Waals surface area contributed by atoms with Crippen LogP contribution in [0.5, 0.6) is 5.75 Å². The average molecular weight is 434 g/mol. The third kappa shape index (κ3) is 5.07. The number of carbonyl (C=O) groups is 2. The van der Waals surface area contributed by atoms with E-state index < -0.39 is 23.6 Å². The van der Waals surface area contributed by atoms with Gasteiger partial charge in [0.15, 0.2) is 11.4 Å². The summed E-state index contributed by atoms with van der Waals surface area (Å²) in [7, 11) is 0. The highest BCUT2D eigenvalue weighted by molar-refractivity contribution is 5.94. The summed E-state index contributed by atoms with van der Waals surface area (Å²) in [6, 6.07) is 5.20. The Balaban J connectivity index is 1.81. The largest absolute Gasteiger partial charge is 0.485 e. The minimum absolute atomic E-state index is 0.00848. The van der Waals surface area contributed by atoms with Gasteiger partial charge in [-0.15, -0.1) is 0 Å². The van der Waals surface area contributed by atoms with Gasteiger partial charge in [0.05, 0.1) is 17.9 Å². The fraction of sp³-hybridized carbons (Fsp3) is 0.250. The number of hydrogen-bond acceptors (Lipinski definition) is 5. The van der Waals surface area contributed by atoms with Crippen molar-refractivity contribution in [3.05, 3.63) is 64.6 Å². The molecule has 0 aliphatic heterocycles. The molecule has 2 heterocycles. The molecule has 0 aliphatic carbocycles. The quantitative estimate of drug-likeness (QED) is 0.371. The molecule has 0 fully saturated rings. The molecule has 0 unspecified atom stereocenters. The van der Waals surface area contributed by atoms with Gasteiger partial charge in [-0.25, -0.2) is 24.0 Å². The van der Waals surface area contributed by atoms with E-state index in [1.807, 2.05) is 0 Å². The topological polar surface area (TPSA) is 114 Å². The lowest BCUT2D eigenvalue weighted by molar-refractivity contribution is 0.0320. The maximum absolute atomic E-state index is 13.9. The summed E-state index contributed by atoms with van der Waals surface area (Å²) in [4.78, 5) is 32.3. The molecule has 0 radical (unpaired) electrons. The van der Waals surface area contributed by atoms with E-state index in [-0.39, 0.29) is 42.4 Å². The number of aromatic nitrogens is 2. The van der Waals surface area contributed by atoms with Crippen molar-refractivity contribution in [2.24, 2.45) is 0 Å². The number of benzene rings is 1. The van der Waals surface area contributed by atoms with E-state index in [9.17, 15) is 18.4 Å². The molecule has 0 saturated heterocycles. The Morgan fingerprint density at radius 3 is 2.61 bits per heavy atom. The molecular weight excluding hydrogens is 414 g/mol. The van der Waals surface area contributed by atoms with Gasteiger partial charge in [0.1, 0.15) is 23.9 Å². The van der Waals surface area contributed by atoms with Crippen molar-refractivity contribution in [3.63, 3.8) is 0 Å². The highest BCUT2D eigenvalue weighted by Gasteiger charge is 2.20. The van der Waals surface area contributed by atoms with E-state index in [2.05, 4.69) is 15.8 Å². The van der Waals surface area contributed by atoms with Crippen LogP contribution in [0.25, 0.3) is 5.65 Å². The standard InChI is InChI=1S/C20H20F2N4O5/c1-11-8-16(30-10-13-14(21)4-3-5-15(13)22)18-24-12(2)17(26(18)9-11)19(27)25-31-7-6-23-20(28)29/h3-5,8-9,23H,6-7,10H2,1-2H3,(H,25,27)(H,28,29). The van der Waals surface area contributed by atoms with Crippen molar-refractivity contribution in [2.75, 3.05) is 13.2 Å². The number of carboxylic acid groups (broad SMARTS) is 1. The number of imidazole rings is 1. The summed E-state index contributed by atoms with van der Waals surface area (Å²) in [5.41, 5.74) is 3.57. The van der Waals surface area contributed by atoms with Gasteiger partial charge >= 0.3 is 6.09 Å². The van der Waals surface area contributed by atoms with E-state index in [4.69, 9.17) is 14.7 Å². The van der Waals surface area contributed by atoms with E-state index in [1.54, 1.807) is 26.1 Å². The van der Waals surface area contributed by atoms with Crippen LogP contribution in [0.3, 0.4) is 0 Å². The monoisotopic (exact) mass is 434 g/mol. The van der Waals surface area contributed by atoms with E-state index in [0.29, 0.717) is 5.69 Å². The van der Waals surface area contributed by atoms with Gasteiger partial charge < -0.3 is 15.2 Å². The van der Waals surface area contributed by atoms with Crippen LogP contribution in [0.1, 0.15) is 27.3 Å². The van der Waals surface area contributed by atoms with Gasteiger partial charge in [-0.05, 0) is 37.6 Å². The second-order valence-electron chi connectivity index (χ2n) is 6.62. The summed E-state index contributed by atoms with van der Waals surface area (Å²) < 4.78 is 34.9. The Bertz CT molecular complexity index is 1110. The third-order valence-corrected chi connectivity index (χ3v) is 4.29. The summed E-state index contributed by atoms with van der Waals surface area (Å²) in [6.07, 6.45) is 0.457. The molecule has 2 amide bonds. The van der Waals surface area contributed by atoms with Crippen molar-refractivity contribution in [2.45, 2.75) is 20.5 Å². The predicted octanol–water partition coefficient (Wildman–Crippen LogP) is 2.74. The first-order chi connectivity index (χ1) is 14.8. The number of hydrogen-bond donors (Lipinski definition) is 3. The zero-order chi connectivity index (χ0) is 22.5. The van der Waals surface area contributed by atoms with E-state index >= 15 is 0 Å². The Hall–Kier alpha value is -3.73. The molecule has 3 N–H and O–H groups in total. The number of aryl methyl sites for hydroxylation is 2. The predicted molar refractivity (Wildman–Crippen MR) is 105 cm³/mol. The van der Waals surface area contributed by atoms with Crippen molar-refractivity contribution < 1.29 is 33.1 Å². The van der Waals surface area contributed by atoms with Gasteiger partial charge in [-0.2, -0.15) is 0 Å². The summed E-state index contributed by atoms with van der Waals surface area (Å²) in [6.45, 7) is 2.94. The number of carbonyl (C=O) groups excluding carboxylic acids is 1. The number of pyridine rings is 1. The van der Waals surface area contributed by atoms with Crippen LogP contribution >= 0.6 is 0 Å². The van der Waals surface area contributed by atoms with Gasteiger partial charge in [-0.3, -0.25) is 14.0 Å². The number of amides is 2. The molecule has 0 spiro atoms. The first kappa shape index (κ1) is 22.0. The zero-order valence-corrected chi connectivity index (χ0v) is 16.7. The average Bonchev–Trinajstić information content (AvgIpc) is 3.02. The maximum atomic E-state index is 13.9. The zero-order valence-electron chi connectivity index (χ0n) is 16.7. The fourth-order valence-electron chi connectivity index (χ4n) is 2.93. The first-order valence-electron chi connectivity index (χ1n) is 9.22. The number of nitrogens with zero attached hydrogens (tertiary/aromatic N) is 2. The smallest absolute Gasteiger partial charge is 0.404 e. The van der Waals surface area contributed by atoms with Crippen molar-refractivity contribution in [1.82, 2.24) is 20.2 Å². The number of rotatable bonds is 8. The molecule has 9 nitrogen and oxygen atoms in total. The fourth-order valence-corrected chi connectivity index (χ4v) is 2.93. The molecule has 0 aliphatic rings. The second kappa shape index (κ2) is 9.39. The van der Waals surface area contributed by atoms with Crippen LogP contribution in [-0.2, 0) is 11.4 Å². The Morgan fingerprint density at radius 2 is 1.94 bits per heavy atom. The van der Waals surface area contributed by atoms with Crippen molar-refractivity contribution in [1.29, 1.82) is 0 Å². The van der Waals surface area contributed by atoms with Crippen LogP contribution in [0, 0.1) is 25.5 Å². The minimum atomic E-state index is -1.20. The molecule has 0 atom stereocenters. The minimum Gasteiger partial charge on any atom is -0.485 e. The molecule has 2 aromatic heterocycles. The molecular formula is C20H20F2N4O5. The van der Waals surface area contributed by atoms with Gasteiger partial charge in [-0.1, -0.05) is 6.07 Å². The molecule has 0 saturated carbocycles. The van der Waals surface area contributed by atoms with Crippen LogP contribution in [0.2, 0.25) is 0 Å². The molecule has 164 valence electrons. The highest BCUT2D eigenvalue weighted by atomic mass is 19.1. The van der Waals surface area contributed by atoms with Crippen LogP contribution in [0.15, 0.2) is 30.5 Å². The summed E-state index contributed by atoms with van der Waals surface area (Å²) in [5.74, 6) is -1.80. The van der Waals surface area contributed by atoms with Crippen LogP contribution in [0.4, 0.5) is 13.6 Å². The lowest BCUT2D eigenvalue weighted by Crippen LogP contribution is -2.31. The normalized spacial score (nSPS) is 10.8. The summed E-state index contributed by atoms with van der Waals surface area (Å²) >= 11 is 0. The Kier molecular flexibility index (Phi) is 6.65. The van der Waals surface area contributed by atoms with Crippen molar-refractivity contribution >= 4 is 17.6 Å². The Morgan fingerprint density at radius 1 is 1.23 bits per heavy atom. The van der Waals surface area contributed by atoms with Crippen LogP contribution in [-0.4, -0.2) is 39.6 Å². The molecule has 3 aromatic rings. The number of hydroxylamine groups is 1. The first-order valence-corrected chi connectivity index (χ1v) is 9.22. The number of halogens is 2. The van der Waals surface area contributed by atoms with E-state index in [1.165, 1.54) is 10.5 Å². The highest BCUT2D eigenvalue weighted by Crippen LogP contribution is 2.26. The number of nitrogens with one attached hydrogen (secondary N) is 2. The second-order valence-corrected chi connectivity index (χ2v) is 6.62. The SMILES string of the molecule is Cc1cc(OCc2c(F)cccc2F)c2nc(C)c(C(=O)NOCCNC(=O)O)n2c1. The number of ether oxygens (including phenoxy) is 1. The van der Waals surface area contributed by atoms with Gasteiger partial charge in [0.25, 0.3) is 5.91 Å². The van der Waals surface area contributed by atoms with Crippen molar-refractivity contribution in [3.8, 4) is 5.75 Å². The lowest BCUT2D eigenvalue weighted by Gasteiger charge is -2.11. The van der Waals surface area contributed by atoms with Gasteiger partial charge in [0, 0.05) is 12.7 Å². The molecule has 0 bridgehead atoms. The Labute approximate surface area is 175 Å². The summed E-state index contributed by atoms with van der Waals surface area (Å²) in [5, 5.41) is 10.6. The maximum Gasteiger partial charge on any atom is 0.404 e. The van der Waals surface area contributed by atoms with Gasteiger partial charge in [0.2, 0.25) is 0 Å². The third-order valence-electron chi connectivity index (χ3n) is 4.29.